The molecule has 0 aliphatic carbocycles. The van der Waals surface area contributed by atoms with Crippen LogP contribution in [-0.2, 0) is 9.59 Å². The summed E-state index contributed by atoms with van der Waals surface area (Å²) < 4.78 is 0. The molecule has 0 saturated heterocycles. The van der Waals surface area contributed by atoms with Crippen molar-refractivity contribution in [3.8, 4) is 0 Å². The number of nitrogens with one attached hydrogen (secondary N) is 3. The summed E-state index contributed by atoms with van der Waals surface area (Å²) in [6, 6.07) is -1.45. The topological polar surface area (TPSA) is 108 Å². The van der Waals surface area contributed by atoms with E-state index in [0.717, 1.165) is 6.42 Å². The Morgan fingerprint density at radius 3 is 2.28 bits per heavy atom. The summed E-state index contributed by atoms with van der Waals surface area (Å²) in [6.07, 6.45) is 1.01. The molecule has 0 saturated carbocycles. The lowest BCUT2D eigenvalue weighted by atomic mass is 10.2. The minimum absolute atomic E-state index is 0.110. The molecule has 0 heterocycles. The molecule has 0 fully saturated rings. The van der Waals surface area contributed by atoms with Crippen molar-refractivity contribution in [1.82, 2.24) is 16.0 Å². The number of carbonyl (C=O) groups excluding carboxylic acids is 2. The van der Waals surface area contributed by atoms with Gasteiger partial charge in [0.05, 0.1) is 0 Å². The van der Waals surface area contributed by atoms with Crippen LogP contribution in [0.4, 0.5) is 4.79 Å². The van der Waals surface area contributed by atoms with Gasteiger partial charge in [-0.2, -0.15) is 0 Å². The van der Waals surface area contributed by atoms with Gasteiger partial charge in [-0.3, -0.25) is 9.59 Å². The number of urea groups is 1. The van der Waals surface area contributed by atoms with E-state index in [-0.39, 0.29) is 24.9 Å². The van der Waals surface area contributed by atoms with Crippen LogP contribution in [0, 0.1) is 0 Å². The fourth-order valence-corrected chi connectivity index (χ4v) is 1.05. The summed E-state index contributed by atoms with van der Waals surface area (Å²) in [5, 5.41) is 16.0. The van der Waals surface area contributed by atoms with Gasteiger partial charge in [-0.05, 0) is 20.3 Å². The Hall–Kier alpha value is -1.79. The van der Waals surface area contributed by atoms with Crippen molar-refractivity contribution in [2.24, 2.45) is 0 Å². The Morgan fingerprint density at radius 1 is 1.17 bits per heavy atom. The summed E-state index contributed by atoms with van der Waals surface area (Å²) >= 11 is 0. The first-order valence-electron chi connectivity index (χ1n) is 5.93. The number of carbonyl (C=O) groups is 3. The van der Waals surface area contributed by atoms with Crippen LogP contribution in [0.25, 0.3) is 0 Å². The van der Waals surface area contributed by atoms with Crippen LogP contribution in [0.3, 0.4) is 0 Å². The van der Waals surface area contributed by atoms with Gasteiger partial charge in [-0.25, -0.2) is 4.79 Å². The maximum Gasteiger partial charge on any atom is 0.325 e. The molecule has 4 N–H and O–H groups in total. The number of amides is 3. The average molecular weight is 259 g/mol. The minimum Gasteiger partial charge on any atom is -0.480 e. The lowest BCUT2D eigenvalue weighted by Gasteiger charge is -2.12. The van der Waals surface area contributed by atoms with Gasteiger partial charge in [0, 0.05) is 19.0 Å². The van der Waals surface area contributed by atoms with E-state index >= 15 is 0 Å². The molecule has 0 aliphatic heterocycles. The standard InChI is InChI=1S/C11H21N3O4/c1-4-7(2)13-9(15)5-6-12-11(18)14-8(3)10(16)17/h7-8H,4-6H2,1-3H3,(H,13,15)(H,16,17)(H2,12,14,18). The summed E-state index contributed by atoms with van der Waals surface area (Å²) in [5.74, 6) is -1.25. The number of hydrogen-bond donors (Lipinski definition) is 4. The normalized spacial score (nSPS) is 13.3. The van der Waals surface area contributed by atoms with Gasteiger partial charge < -0.3 is 21.1 Å². The fraction of sp³-hybridized carbons (Fsp3) is 0.727. The SMILES string of the molecule is CCC(C)NC(=O)CCNC(=O)NC(C)C(=O)O. The first-order chi connectivity index (χ1) is 8.36. The lowest BCUT2D eigenvalue weighted by molar-refractivity contribution is -0.138. The third-order valence-electron chi connectivity index (χ3n) is 2.38. The zero-order chi connectivity index (χ0) is 14.1. The molecule has 0 radical (unpaired) electrons. The highest BCUT2D eigenvalue weighted by Gasteiger charge is 2.13. The van der Waals surface area contributed by atoms with Crippen molar-refractivity contribution in [2.75, 3.05) is 6.54 Å². The van der Waals surface area contributed by atoms with E-state index in [1.54, 1.807) is 0 Å². The first kappa shape index (κ1) is 16.2. The quantitative estimate of drug-likeness (QED) is 0.518. The molecule has 0 aromatic heterocycles. The smallest absolute Gasteiger partial charge is 0.325 e. The van der Waals surface area contributed by atoms with Gasteiger partial charge in [-0.1, -0.05) is 6.92 Å². The summed E-state index contributed by atoms with van der Waals surface area (Å²) in [7, 11) is 0. The summed E-state index contributed by atoms with van der Waals surface area (Å²) in [6.45, 7) is 5.38. The van der Waals surface area contributed by atoms with Gasteiger partial charge in [0.2, 0.25) is 5.91 Å². The largest absolute Gasteiger partial charge is 0.480 e. The van der Waals surface area contributed by atoms with E-state index in [1.165, 1.54) is 6.92 Å². The van der Waals surface area contributed by atoms with Crippen molar-refractivity contribution in [3.63, 3.8) is 0 Å². The third-order valence-corrected chi connectivity index (χ3v) is 2.38. The van der Waals surface area contributed by atoms with Gasteiger partial charge in [0.1, 0.15) is 6.04 Å². The minimum atomic E-state index is -1.11. The molecule has 0 aromatic carbocycles. The van der Waals surface area contributed by atoms with Crippen molar-refractivity contribution < 1.29 is 19.5 Å². The molecular formula is C11H21N3O4. The highest BCUT2D eigenvalue weighted by atomic mass is 16.4. The van der Waals surface area contributed by atoms with Crippen molar-refractivity contribution in [3.05, 3.63) is 0 Å². The zero-order valence-electron chi connectivity index (χ0n) is 10.9. The maximum atomic E-state index is 11.3. The molecule has 3 amide bonds. The molecule has 2 atom stereocenters. The van der Waals surface area contributed by atoms with Crippen LogP contribution in [0.2, 0.25) is 0 Å². The Morgan fingerprint density at radius 2 is 1.78 bits per heavy atom. The van der Waals surface area contributed by atoms with Crippen molar-refractivity contribution in [2.45, 2.75) is 45.7 Å². The molecule has 104 valence electrons. The zero-order valence-corrected chi connectivity index (χ0v) is 10.9. The second-order valence-electron chi connectivity index (χ2n) is 4.09. The molecule has 7 heteroatoms. The van der Waals surface area contributed by atoms with Gasteiger partial charge in [0.25, 0.3) is 0 Å². The Labute approximate surface area is 106 Å². The van der Waals surface area contributed by atoms with Crippen LogP contribution in [0.1, 0.15) is 33.6 Å². The maximum absolute atomic E-state index is 11.3. The monoisotopic (exact) mass is 259 g/mol. The van der Waals surface area contributed by atoms with E-state index < -0.39 is 18.0 Å². The van der Waals surface area contributed by atoms with Crippen molar-refractivity contribution in [1.29, 1.82) is 0 Å². The second kappa shape index (κ2) is 8.32. The van der Waals surface area contributed by atoms with Gasteiger partial charge >= 0.3 is 12.0 Å². The second-order valence-corrected chi connectivity index (χ2v) is 4.09. The molecule has 18 heavy (non-hydrogen) atoms. The van der Waals surface area contributed by atoms with Crippen LogP contribution >= 0.6 is 0 Å². The number of rotatable bonds is 7. The van der Waals surface area contributed by atoms with E-state index in [9.17, 15) is 14.4 Å². The van der Waals surface area contributed by atoms with Crippen LogP contribution < -0.4 is 16.0 Å². The van der Waals surface area contributed by atoms with Crippen LogP contribution in [-0.4, -0.2) is 41.6 Å². The highest BCUT2D eigenvalue weighted by Crippen LogP contribution is 1.89. The molecule has 0 spiro atoms. The predicted octanol–water partition coefficient (Wildman–Crippen LogP) is 0.0635. The molecule has 0 aliphatic rings. The van der Waals surface area contributed by atoms with Crippen molar-refractivity contribution >= 4 is 17.9 Å². The van der Waals surface area contributed by atoms with Gasteiger partial charge in [-0.15, -0.1) is 0 Å². The van der Waals surface area contributed by atoms with Crippen LogP contribution in [0.15, 0.2) is 0 Å². The van der Waals surface area contributed by atoms with E-state index in [1.807, 2.05) is 13.8 Å². The van der Waals surface area contributed by atoms with E-state index in [0.29, 0.717) is 0 Å². The average Bonchev–Trinajstić information content (AvgIpc) is 2.28. The summed E-state index contributed by atoms with van der Waals surface area (Å²) in [5.41, 5.74) is 0. The van der Waals surface area contributed by atoms with Gasteiger partial charge in [0.15, 0.2) is 0 Å². The molecule has 0 bridgehead atoms. The number of aliphatic carboxylic acids is 1. The number of carboxylic acids is 1. The lowest BCUT2D eigenvalue weighted by Crippen LogP contribution is -2.45. The third kappa shape index (κ3) is 7.48. The molecule has 7 nitrogen and oxygen atoms in total. The predicted molar refractivity (Wildman–Crippen MR) is 66.1 cm³/mol. The summed E-state index contributed by atoms with van der Waals surface area (Å²) in [4.78, 5) is 33.0. The molecule has 0 aromatic rings. The first-order valence-corrected chi connectivity index (χ1v) is 5.93. The Balaban J connectivity index is 3.74. The molecule has 0 rings (SSSR count). The number of carboxylic acid groups (broad SMARTS) is 1. The van der Waals surface area contributed by atoms with E-state index in [2.05, 4.69) is 16.0 Å². The van der Waals surface area contributed by atoms with E-state index in [4.69, 9.17) is 5.11 Å². The highest BCUT2D eigenvalue weighted by molar-refractivity contribution is 5.82. The Bertz CT molecular complexity index is 307. The number of hydrogen-bond acceptors (Lipinski definition) is 3. The molecule has 2 unspecified atom stereocenters. The Kier molecular flexibility index (Phi) is 7.50. The van der Waals surface area contributed by atoms with Crippen LogP contribution in [0.5, 0.6) is 0 Å². The fourth-order valence-electron chi connectivity index (χ4n) is 1.05. The molecular weight excluding hydrogens is 238 g/mol.